The summed E-state index contributed by atoms with van der Waals surface area (Å²) in [6.07, 6.45) is 3.61. The Morgan fingerprint density at radius 3 is 2.56 bits per heavy atom. The zero-order chi connectivity index (χ0) is 12.2. The van der Waals surface area contributed by atoms with Crippen molar-refractivity contribution in [2.75, 3.05) is 6.54 Å². The minimum atomic E-state index is -0.0731. The standard InChI is InChI=1S/C12H23N3O/c1-12(2,3)11(13)14-8-4-5-10(16)15-9-6-7-9/h9H,4-8H2,1-3H3,(H2,13,14)(H,15,16). The van der Waals surface area contributed by atoms with E-state index in [4.69, 9.17) is 5.73 Å². The first-order valence-electron chi connectivity index (χ1n) is 5.99. The van der Waals surface area contributed by atoms with E-state index in [1.807, 2.05) is 20.8 Å². The van der Waals surface area contributed by atoms with Crippen LogP contribution in [-0.4, -0.2) is 24.3 Å². The van der Waals surface area contributed by atoms with E-state index in [2.05, 4.69) is 10.3 Å². The van der Waals surface area contributed by atoms with Gasteiger partial charge in [0.15, 0.2) is 0 Å². The molecule has 4 nitrogen and oxygen atoms in total. The second kappa shape index (κ2) is 5.32. The third kappa shape index (κ3) is 5.14. The number of nitrogens with one attached hydrogen (secondary N) is 1. The summed E-state index contributed by atoms with van der Waals surface area (Å²) in [7, 11) is 0. The van der Waals surface area contributed by atoms with Crippen LogP contribution in [0.1, 0.15) is 46.5 Å². The lowest BCUT2D eigenvalue weighted by molar-refractivity contribution is -0.121. The molecule has 0 bridgehead atoms. The monoisotopic (exact) mass is 225 g/mol. The molecule has 1 fully saturated rings. The number of carbonyl (C=O) groups is 1. The Hall–Kier alpha value is -1.06. The Kier molecular flexibility index (Phi) is 4.33. The highest BCUT2D eigenvalue weighted by atomic mass is 16.1. The third-order valence-corrected chi connectivity index (χ3v) is 2.55. The van der Waals surface area contributed by atoms with Gasteiger partial charge in [0.1, 0.15) is 0 Å². The molecule has 3 N–H and O–H groups in total. The van der Waals surface area contributed by atoms with Crippen molar-refractivity contribution in [3.8, 4) is 0 Å². The van der Waals surface area contributed by atoms with Crippen LogP contribution in [0.3, 0.4) is 0 Å². The highest BCUT2D eigenvalue weighted by molar-refractivity contribution is 5.85. The van der Waals surface area contributed by atoms with Crippen molar-refractivity contribution in [3.05, 3.63) is 0 Å². The van der Waals surface area contributed by atoms with Gasteiger partial charge in [-0.2, -0.15) is 0 Å². The van der Waals surface area contributed by atoms with Crippen molar-refractivity contribution in [2.45, 2.75) is 52.5 Å². The molecule has 92 valence electrons. The first-order chi connectivity index (χ1) is 7.39. The van der Waals surface area contributed by atoms with Crippen LogP contribution >= 0.6 is 0 Å². The molecule has 16 heavy (non-hydrogen) atoms. The Bertz CT molecular complexity index is 274. The average Bonchev–Trinajstić information content (AvgIpc) is 2.94. The first kappa shape index (κ1) is 13.0. The van der Waals surface area contributed by atoms with E-state index < -0.39 is 0 Å². The van der Waals surface area contributed by atoms with Crippen LogP contribution < -0.4 is 11.1 Å². The smallest absolute Gasteiger partial charge is 0.220 e. The summed E-state index contributed by atoms with van der Waals surface area (Å²) < 4.78 is 0. The zero-order valence-corrected chi connectivity index (χ0v) is 10.5. The van der Waals surface area contributed by atoms with E-state index in [1.165, 1.54) is 0 Å². The van der Waals surface area contributed by atoms with Gasteiger partial charge in [0.25, 0.3) is 0 Å². The number of rotatable bonds is 5. The molecule has 0 aromatic heterocycles. The third-order valence-electron chi connectivity index (χ3n) is 2.55. The first-order valence-corrected chi connectivity index (χ1v) is 5.99. The maximum absolute atomic E-state index is 11.3. The summed E-state index contributed by atoms with van der Waals surface area (Å²) >= 11 is 0. The maximum atomic E-state index is 11.3. The minimum absolute atomic E-state index is 0.0731. The van der Waals surface area contributed by atoms with Crippen LogP contribution in [0.15, 0.2) is 4.99 Å². The van der Waals surface area contributed by atoms with E-state index in [1.54, 1.807) is 0 Å². The second-order valence-electron chi connectivity index (χ2n) is 5.46. The summed E-state index contributed by atoms with van der Waals surface area (Å²) in [5, 5.41) is 2.95. The van der Waals surface area contributed by atoms with Gasteiger partial charge in [0.2, 0.25) is 5.91 Å². The van der Waals surface area contributed by atoms with Gasteiger partial charge in [-0.15, -0.1) is 0 Å². The van der Waals surface area contributed by atoms with E-state index in [-0.39, 0.29) is 11.3 Å². The topological polar surface area (TPSA) is 67.5 Å². The highest BCUT2D eigenvalue weighted by Gasteiger charge is 2.22. The number of aliphatic imine (C=N–C) groups is 1. The molecule has 0 aromatic rings. The Morgan fingerprint density at radius 2 is 2.06 bits per heavy atom. The Labute approximate surface area is 97.7 Å². The average molecular weight is 225 g/mol. The highest BCUT2D eigenvalue weighted by Crippen LogP contribution is 2.18. The largest absolute Gasteiger partial charge is 0.387 e. The molecule has 0 heterocycles. The number of hydrogen-bond donors (Lipinski definition) is 2. The van der Waals surface area contributed by atoms with Gasteiger partial charge in [0.05, 0.1) is 5.84 Å². The van der Waals surface area contributed by atoms with E-state index in [0.29, 0.717) is 24.8 Å². The number of amides is 1. The predicted octanol–water partition coefficient (Wildman–Crippen LogP) is 1.45. The van der Waals surface area contributed by atoms with Crippen LogP contribution in [0.5, 0.6) is 0 Å². The van der Waals surface area contributed by atoms with Gasteiger partial charge in [-0.3, -0.25) is 9.79 Å². The normalized spacial score (nSPS) is 17.3. The summed E-state index contributed by atoms with van der Waals surface area (Å²) in [5.74, 6) is 0.808. The fraction of sp³-hybridized carbons (Fsp3) is 0.833. The van der Waals surface area contributed by atoms with Gasteiger partial charge in [-0.25, -0.2) is 0 Å². The zero-order valence-electron chi connectivity index (χ0n) is 10.5. The summed E-state index contributed by atoms with van der Waals surface area (Å²) in [4.78, 5) is 15.6. The van der Waals surface area contributed by atoms with Crippen LogP contribution in [0, 0.1) is 5.41 Å². The fourth-order valence-electron chi connectivity index (χ4n) is 1.20. The molecule has 1 amide bonds. The van der Waals surface area contributed by atoms with E-state index >= 15 is 0 Å². The van der Waals surface area contributed by atoms with Crippen molar-refractivity contribution >= 4 is 11.7 Å². The van der Waals surface area contributed by atoms with Crippen LogP contribution in [-0.2, 0) is 4.79 Å². The quantitative estimate of drug-likeness (QED) is 0.422. The van der Waals surface area contributed by atoms with Crippen molar-refractivity contribution in [3.63, 3.8) is 0 Å². The molecule has 4 heteroatoms. The molecule has 1 aliphatic rings. The molecule has 0 aromatic carbocycles. The van der Waals surface area contributed by atoms with Crippen molar-refractivity contribution in [1.82, 2.24) is 5.32 Å². The lowest BCUT2D eigenvalue weighted by Crippen LogP contribution is -2.29. The van der Waals surface area contributed by atoms with Crippen molar-refractivity contribution < 1.29 is 4.79 Å². The second-order valence-corrected chi connectivity index (χ2v) is 5.46. The number of nitrogens with zero attached hydrogens (tertiary/aromatic N) is 1. The van der Waals surface area contributed by atoms with E-state index in [0.717, 1.165) is 19.3 Å². The van der Waals surface area contributed by atoms with Crippen molar-refractivity contribution in [1.29, 1.82) is 0 Å². The lowest BCUT2D eigenvalue weighted by atomic mass is 9.95. The Balaban J connectivity index is 2.12. The van der Waals surface area contributed by atoms with Gasteiger partial charge in [0, 0.05) is 24.4 Å². The van der Waals surface area contributed by atoms with Gasteiger partial charge in [-0.1, -0.05) is 20.8 Å². The predicted molar refractivity (Wildman–Crippen MR) is 66.3 cm³/mol. The maximum Gasteiger partial charge on any atom is 0.220 e. The summed E-state index contributed by atoms with van der Waals surface area (Å²) in [6, 6.07) is 0.454. The van der Waals surface area contributed by atoms with Gasteiger partial charge < -0.3 is 11.1 Å². The number of amidine groups is 1. The SMILES string of the molecule is CC(C)(C)C(N)=NCCCC(=O)NC1CC1. The molecular weight excluding hydrogens is 202 g/mol. The molecule has 0 unspecified atom stereocenters. The van der Waals surface area contributed by atoms with E-state index in [9.17, 15) is 4.79 Å². The molecule has 0 aliphatic heterocycles. The number of hydrogen-bond acceptors (Lipinski definition) is 2. The summed E-state index contributed by atoms with van der Waals surface area (Å²) in [6.45, 7) is 6.74. The molecule has 1 saturated carbocycles. The molecule has 1 aliphatic carbocycles. The molecule has 0 radical (unpaired) electrons. The van der Waals surface area contributed by atoms with Gasteiger partial charge >= 0.3 is 0 Å². The van der Waals surface area contributed by atoms with Gasteiger partial charge in [-0.05, 0) is 19.3 Å². The number of carbonyl (C=O) groups excluding carboxylic acids is 1. The molecule has 0 atom stereocenters. The lowest BCUT2D eigenvalue weighted by Gasteiger charge is -2.17. The molecular formula is C12H23N3O. The molecule has 0 saturated heterocycles. The number of nitrogens with two attached hydrogens (primary N) is 1. The van der Waals surface area contributed by atoms with Crippen LogP contribution in [0.25, 0.3) is 0 Å². The van der Waals surface area contributed by atoms with Crippen LogP contribution in [0.2, 0.25) is 0 Å². The molecule has 1 rings (SSSR count). The summed E-state index contributed by atoms with van der Waals surface area (Å²) in [5.41, 5.74) is 5.73. The fourth-order valence-corrected chi connectivity index (χ4v) is 1.20. The Morgan fingerprint density at radius 1 is 1.44 bits per heavy atom. The minimum Gasteiger partial charge on any atom is -0.387 e. The molecule has 0 spiro atoms. The van der Waals surface area contributed by atoms with Crippen LogP contribution in [0.4, 0.5) is 0 Å². The van der Waals surface area contributed by atoms with Crippen molar-refractivity contribution in [2.24, 2.45) is 16.1 Å².